The Kier molecular flexibility index (Phi) is 6.00. The van der Waals surface area contributed by atoms with E-state index in [1.165, 1.54) is 36.3 Å². The largest absolute Gasteiger partial charge is 0.465 e. The van der Waals surface area contributed by atoms with Gasteiger partial charge in [0.25, 0.3) is 5.91 Å². The van der Waals surface area contributed by atoms with Crippen LogP contribution in [0.1, 0.15) is 35.0 Å². The van der Waals surface area contributed by atoms with Crippen molar-refractivity contribution in [1.29, 1.82) is 0 Å². The number of hydrogen-bond acceptors (Lipinski definition) is 3. The zero-order valence-electron chi connectivity index (χ0n) is 20.2. The highest BCUT2D eigenvalue weighted by Crippen LogP contribution is 2.36. The summed E-state index contributed by atoms with van der Waals surface area (Å²) in [5.41, 5.74) is 7.53. The van der Waals surface area contributed by atoms with E-state index >= 15 is 0 Å². The number of aryl methyl sites for hydroxylation is 3. The molecule has 0 N–H and O–H groups in total. The molecule has 5 nitrogen and oxygen atoms in total. The lowest BCUT2D eigenvalue weighted by atomic mass is 10.0. The molecule has 34 heavy (non-hydrogen) atoms. The third kappa shape index (κ3) is 3.85. The molecule has 0 fully saturated rings. The number of halogens is 1. The summed E-state index contributed by atoms with van der Waals surface area (Å²) < 4.78 is 20.6. The highest BCUT2D eigenvalue weighted by Gasteiger charge is 2.38. The van der Waals surface area contributed by atoms with Crippen molar-refractivity contribution in [2.24, 2.45) is 0 Å². The third-order valence-corrected chi connectivity index (χ3v) is 6.25. The number of carbonyl (C=O) groups is 2. The first-order valence-electron chi connectivity index (χ1n) is 11.0. The number of esters is 1. The lowest BCUT2D eigenvalue weighted by Gasteiger charge is -2.17. The van der Waals surface area contributed by atoms with Crippen molar-refractivity contribution in [1.82, 2.24) is 4.57 Å². The zero-order valence-corrected chi connectivity index (χ0v) is 20.2. The first-order chi connectivity index (χ1) is 16.1. The minimum absolute atomic E-state index is 0.202. The van der Waals surface area contributed by atoms with Crippen molar-refractivity contribution < 1.29 is 18.7 Å². The Morgan fingerprint density at radius 3 is 2.29 bits per heavy atom. The topological polar surface area (TPSA) is 51.5 Å². The Morgan fingerprint density at radius 2 is 1.65 bits per heavy atom. The van der Waals surface area contributed by atoms with E-state index in [0.29, 0.717) is 11.4 Å². The van der Waals surface area contributed by atoms with Crippen molar-refractivity contribution in [3.63, 3.8) is 0 Å². The smallest absolute Gasteiger partial charge is 0.340 e. The van der Waals surface area contributed by atoms with Crippen LogP contribution in [-0.2, 0) is 14.3 Å². The number of methoxy groups -OCH3 is 1. The molecule has 6 heteroatoms. The summed E-state index contributed by atoms with van der Waals surface area (Å²) in [5, 5.41) is 0. The van der Waals surface area contributed by atoms with E-state index in [9.17, 15) is 14.0 Å². The van der Waals surface area contributed by atoms with E-state index in [0.717, 1.165) is 33.8 Å². The molecule has 1 aliphatic rings. The second kappa shape index (κ2) is 8.78. The molecule has 2 heterocycles. The molecular weight excluding hydrogens is 431 g/mol. The van der Waals surface area contributed by atoms with Crippen molar-refractivity contribution in [2.45, 2.75) is 34.6 Å². The molecule has 0 atom stereocenters. The maximum atomic E-state index is 13.5. The van der Waals surface area contributed by atoms with Crippen LogP contribution in [0.4, 0.5) is 10.1 Å². The maximum absolute atomic E-state index is 13.5. The first kappa shape index (κ1) is 23.2. The molecule has 174 valence electrons. The summed E-state index contributed by atoms with van der Waals surface area (Å²) in [5.74, 6) is -1.36. The number of allylic oxidation sites excluding steroid dienone is 1. The molecule has 1 amide bonds. The number of rotatable bonds is 4. The number of aromatic nitrogens is 1. The van der Waals surface area contributed by atoms with Gasteiger partial charge in [0.05, 0.1) is 18.3 Å². The number of hydrogen-bond donors (Lipinski definition) is 0. The van der Waals surface area contributed by atoms with Gasteiger partial charge in [0, 0.05) is 28.5 Å². The zero-order chi connectivity index (χ0) is 24.7. The van der Waals surface area contributed by atoms with Crippen LogP contribution in [0.2, 0.25) is 0 Å². The van der Waals surface area contributed by atoms with Gasteiger partial charge in [-0.25, -0.2) is 9.18 Å². The van der Waals surface area contributed by atoms with E-state index in [-0.39, 0.29) is 17.1 Å². The molecule has 0 saturated carbocycles. The number of amides is 1. The maximum Gasteiger partial charge on any atom is 0.340 e. The molecule has 3 aromatic rings. The van der Waals surface area contributed by atoms with E-state index in [4.69, 9.17) is 4.74 Å². The minimum Gasteiger partial charge on any atom is -0.465 e. The van der Waals surface area contributed by atoms with Crippen LogP contribution in [0.5, 0.6) is 0 Å². The van der Waals surface area contributed by atoms with Gasteiger partial charge in [-0.05, 0) is 93.8 Å². The Morgan fingerprint density at radius 1 is 0.971 bits per heavy atom. The van der Waals surface area contributed by atoms with Crippen LogP contribution in [0, 0.1) is 33.5 Å². The first-order valence-corrected chi connectivity index (χ1v) is 11.0. The van der Waals surface area contributed by atoms with Crippen molar-refractivity contribution in [2.75, 3.05) is 12.0 Å². The van der Waals surface area contributed by atoms with Crippen LogP contribution < -0.4 is 4.90 Å². The second-order valence-electron chi connectivity index (χ2n) is 8.58. The van der Waals surface area contributed by atoms with Crippen LogP contribution in [0.25, 0.3) is 11.8 Å². The van der Waals surface area contributed by atoms with Crippen molar-refractivity contribution in [3.8, 4) is 5.69 Å². The number of anilines is 1. The summed E-state index contributed by atoms with van der Waals surface area (Å²) in [6, 6.07) is 13.9. The fraction of sp³-hybridized carbons (Fsp3) is 0.214. The van der Waals surface area contributed by atoms with Gasteiger partial charge >= 0.3 is 5.97 Å². The molecule has 1 aromatic heterocycles. The van der Waals surface area contributed by atoms with E-state index < -0.39 is 11.8 Å². The number of benzene rings is 2. The van der Waals surface area contributed by atoms with Crippen LogP contribution >= 0.6 is 0 Å². The molecule has 0 bridgehead atoms. The average Bonchev–Trinajstić information content (AvgIpc) is 3.22. The number of ether oxygens (including phenoxy) is 1. The van der Waals surface area contributed by atoms with Gasteiger partial charge in [-0.3, -0.25) is 9.69 Å². The fourth-order valence-electron chi connectivity index (χ4n) is 4.50. The Balaban J connectivity index is 1.86. The molecule has 2 aromatic carbocycles. The SMILES string of the molecule is COC(=O)C1=C(C)N(c2ccc(F)cc2)C(=O)/C1=C\c1cc(C)n(-c2cc(C)ccc2C)c1C. The second-order valence-corrected chi connectivity index (χ2v) is 8.58. The summed E-state index contributed by atoms with van der Waals surface area (Å²) >= 11 is 0. The molecule has 0 unspecified atom stereocenters. The summed E-state index contributed by atoms with van der Waals surface area (Å²) in [7, 11) is 1.29. The molecule has 0 radical (unpaired) electrons. The Labute approximate surface area is 198 Å². The number of nitrogens with zero attached hydrogens (tertiary/aromatic N) is 2. The predicted molar refractivity (Wildman–Crippen MR) is 131 cm³/mol. The van der Waals surface area contributed by atoms with Crippen LogP contribution in [0.15, 0.2) is 65.4 Å². The van der Waals surface area contributed by atoms with Crippen LogP contribution in [0.3, 0.4) is 0 Å². The molecule has 1 aliphatic heterocycles. The summed E-state index contributed by atoms with van der Waals surface area (Å²) in [6.45, 7) is 9.81. The van der Waals surface area contributed by atoms with Gasteiger partial charge in [0.1, 0.15) is 5.82 Å². The highest BCUT2D eigenvalue weighted by atomic mass is 19.1. The Hall–Kier alpha value is -3.93. The molecular formula is C28H27FN2O3. The van der Waals surface area contributed by atoms with Gasteiger partial charge < -0.3 is 9.30 Å². The molecule has 0 saturated heterocycles. The third-order valence-electron chi connectivity index (χ3n) is 6.25. The van der Waals surface area contributed by atoms with Crippen LogP contribution in [-0.4, -0.2) is 23.6 Å². The van der Waals surface area contributed by atoms with E-state index in [1.807, 2.05) is 19.9 Å². The Bertz CT molecular complexity index is 1380. The fourth-order valence-corrected chi connectivity index (χ4v) is 4.50. The summed E-state index contributed by atoms with van der Waals surface area (Å²) in [4.78, 5) is 27.6. The predicted octanol–water partition coefficient (Wildman–Crippen LogP) is 5.73. The number of carbonyl (C=O) groups excluding carboxylic acids is 2. The minimum atomic E-state index is -0.593. The molecule has 4 rings (SSSR count). The monoisotopic (exact) mass is 458 g/mol. The van der Waals surface area contributed by atoms with Crippen molar-refractivity contribution >= 4 is 23.6 Å². The highest BCUT2D eigenvalue weighted by molar-refractivity contribution is 6.23. The lowest BCUT2D eigenvalue weighted by molar-refractivity contribution is -0.136. The van der Waals surface area contributed by atoms with E-state index in [1.54, 1.807) is 13.0 Å². The lowest BCUT2D eigenvalue weighted by Crippen LogP contribution is -2.24. The molecule has 0 aliphatic carbocycles. The van der Waals surface area contributed by atoms with Gasteiger partial charge in [-0.15, -0.1) is 0 Å². The van der Waals surface area contributed by atoms with E-state index in [2.05, 4.69) is 36.6 Å². The quantitative estimate of drug-likeness (QED) is 0.371. The van der Waals surface area contributed by atoms with Crippen molar-refractivity contribution in [3.05, 3.63) is 99.3 Å². The van der Waals surface area contributed by atoms with Gasteiger partial charge in [0.2, 0.25) is 0 Å². The average molecular weight is 459 g/mol. The normalized spacial score (nSPS) is 15.0. The van der Waals surface area contributed by atoms with Gasteiger partial charge in [0.15, 0.2) is 0 Å². The summed E-state index contributed by atoms with van der Waals surface area (Å²) in [6.07, 6.45) is 1.74. The standard InChI is InChI=1S/C28H27FN2O3/c1-16-7-8-17(2)25(13-16)30-18(3)14-21(19(30)4)15-24-26(28(33)34-6)20(5)31(27(24)32)23-11-9-22(29)10-12-23/h7-15H,1-6H3/b24-15-. The molecule has 0 spiro atoms. The van der Waals surface area contributed by atoms with Gasteiger partial charge in [-0.2, -0.15) is 0 Å². The van der Waals surface area contributed by atoms with Gasteiger partial charge in [-0.1, -0.05) is 12.1 Å².